The normalized spacial score (nSPS) is 13.2. The van der Waals surface area contributed by atoms with Crippen LogP contribution in [0.1, 0.15) is 45.1 Å². The number of allylic oxidation sites excluding steroid dienone is 4. The fourth-order valence-corrected chi connectivity index (χ4v) is 3.83. The van der Waals surface area contributed by atoms with E-state index >= 15 is 0 Å². The zero-order valence-corrected chi connectivity index (χ0v) is 21.5. The quantitative estimate of drug-likeness (QED) is 0.181. The molecule has 1 aliphatic carbocycles. The zero-order valence-electron chi connectivity index (χ0n) is 18.2. The Bertz CT molecular complexity index is 957. The van der Waals surface area contributed by atoms with Gasteiger partial charge < -0.3 is 4.52 Å². The van der Waals surface area contributed by atoms with Crippen LogP contribution in [-0.2, 0) is 39.8 Å². The summed E-state index contributed by atoms with van der Waals surface area (Å²) in [6, 6.07) is 1.74. The third-order valence-electron chi connectivity index (χ3n) is 2.99. The highest BCUT2D eigenvalue weighted by atomic mass is 35.7. The van der Waals surface area contributed by atoms with Crippen molar-refractivity contribution >= 4 is 50.1 Å². The van der Waals surface area contributed by atoms with Crippen molar-refractivity contribution in [1.82, 2.24) is 9.97 Å². The van der Waals surface area contributed by atoms with E-state index in [0.717, 1.165) is 11.5 Å². The standard InChI is InChI=1S/C12H21N2O3PS.C6H4O2.ClHO3S/c1-6-15-18(19,16-7-2)17-11-8-10(5)13-12(14-11)9(3)4;7-5-3-1-2-4-6(5)8;1-5(2,3)4/h8-9H,6-7H2,1-5H3;1-4H;(H,2,3,4). The van der Waals surface area contributed by atoms with Crippen molar-refractivity contribution in [2.24, 2.45) is 0 Å². The van der Waals surface area contributed by atoms with Gasteiger partial charge in [-0.15, -0.1) is 0 Å². The highest BCUT2D eigenvalue weighted by Gasteiger charge is 2.22. The second-order valence-corrected chi connectivity index (χ2v) is 11.0. The van der Waals surface area contributed by atoms with E-state index in [1.807, 2.05) is 34.6 Å². The van der Waals surface area contributed by atoms with Gasteiger partial charge in [-0.1, -0.05) is 26.0 Å². The molecule has 0 unspecified atom stereocenters. The van der Waals surface area contributed by atoms with Crippen LogP contribution in [0.2, 0.25) is 0 Å². The summed E-state index contributed by atoms with van der Waals surface area (Å²) in [6.45, 7) is 7.78. The van der Waals surface area contributed by atoms with Crippen molar-refractivity contribution in [3.63, 3.8) is 0 Å². The Morgan fingerprint density at radius 3 is 1.88 bits per heavy atom. The molecule has 1 N–H and O–H groups in total. The second-order valence-electron chi connectivity index (χ2n) is 6.09. The van der Waals surface area contributed by atoms with Crippen molar-refractivity contribution in [1.29, 1.82) is 0 Å². The lowest BCUT2D eigenvalue weighted by Crippen LogP contribution is -2.08. The smallest absolute Gasteiger partial charge is 0.381 e. The summed E-state index contributed by atoms with van der Waals surface area (Å²) in [5, 5.41) is 0. The highest BCUT2D eigenvalue weighted by molar-refractivity contribution is 8.09. The minimum Gasteiger partial charge on any atom is -0.406 e. The molecule has 0 atom stereocenters. The summed E-state index contributed by atoms with van der Waals surface area (Å²) in [4.78, 5) is 29.3. The Kier molecular flexibility index (Phi) is 13.9. The van der Waals surface area contributed by atoms with Crippen LogP contribution in [-0.4, -0.2) is 47.7 Å². The number of carbonyl (C=O) groups is 2. The van der Waals surface area contributed by atoms with Crippen LogP contribution in [0.15, 0.2) is 30.4 Å². The van der Waals surface area contributed by atoms with Gasteiger partial charge >= 0.3 is 16.1 Å². The lowest BCUT2D eigenvalue weighted by molar-refractivity contribution is -0.131. The summed E-state index contributed by atoms with van der Waals surface area (Å²) in [6.07, 6.45) is 5.60. The predicted molar refractivity (Wildman–Crippen MR) is 125 cm³/mol. The van der Waals surface area contributed by atoms with E-state index in [2.05, 4.69) is 20.7 Å². The molecule has 0 amide bonds. The first-order valence-electron chi connectivity index (χ1n) is 9.25. The Morgan fingerprint density at radius 1 is 1.09 bits per heavy atom. The Morgan fingerprint density at radius 2 is 1.53 bits per heavy atom. The van der Waals surface area contributed by atoms with Gasteiger partial charge in [-0.25, -0.2) is 4.98 Å². The van der Waals surface area contributed by atoms with Gasteiger partial charge in [-0.2, -0.15) is 13.4 Å². The fraction of sp³-hybridized carbons (Fsp3) is 0.444. The van der Waals surface area contributed by atoms with Crippen LogP contribution in [0.3, 0.4) is 0 Å². The Labute approximate surface area is 197 Å². The van der Waals surface area contributed by atoms with Crippen molar-refractivity contribution < 1.29 is 36.1 Å². The molecule has 14 heteroatoms. The first kappa shape index (κ1) is 30.5. The Balaban J connectivity index is 0.000000602. The molecular formula is C18H26ClN2O8PS2. The summed E-state index contributed by atoms with van der Waals surface area (Å²) in [7, 11) is -0.137. The molecule has 0 spiro atoms. The molecule has 0 bridgehead atoms. The maximum atomic E-state index is 10.3. The third kappa shape index (κ3) is 14.5. The molecule has 0 radical (unpaired) electrons. The molecule has 180 valence electrons. The number of aromatic nitrogens is 2. The van der Waals surface area contributed by atoms with Crippen LogP contribution in [0.5, 0.6) is 5.88 Å². The SMILES string of the molecule is CCOP(=S)(OCC)Oc1cc(C)nc(C(C)C)n1.O=C1C=CC=CC1=O.O=S(=O)(O)Cl. The van der Waals surface area contributed by atoms with E-state index in [9.17, 15) is 9.59 Å². The highest BCUT2D eigenvalue weighted by Crippen LogP contribution is 2.49. The van der Waals surface area contributed by atoms with Gasteiger partial charge in [-0.05, 0) is 32.9 Å². The minimum atomic E-state index is -4.19. The third-order valence-corrected chi connectivity index (χ3v) is 5.41. The van der Waals surface area contributed by atoms with E-state index in [1.165, 1.54) is 12.2 Å². The van der Waals surface area contributed by atoms with Gasteiger partial charge in [0.2, 0.25) is 17.4 Å². The lowest BCUT2D eigenvalue weighted by Gasteiger charge is -2.20. The maximum Gasteiger partial charge on any atom is 0.381 e. The van der Waals surface area contributed by atoms with E-state index in [-0.39, 0.29) is 5.92 Å². The molecule has 0 aliphatic heterocycles. The number of hydrogen-bond acceptors (Lipinski definition) is 10. The van der Waals surface area contributed by atoms with Crippen molar-refractivity contribution in [3.8, 4) is 5.88 Å². The number of carbonyl (C=O) groups excluding carboxylic acids is 2. The number of aryl methyl sites for hydroxylation is 1. The predicted octanol–water partition coefficient (Wildman–Crippen LogP) is 3.86. The molecule has 0 aromatic carbocycles. The summed E-state index contributed by atoms with van der Waals surface area (Å²) < 4.78 is 41.7. The number of halogens is 1. The molecule has 0 fully saturated rings. The monoisotopic (exact) mass is 528 g/mol. The van der Waals surface area contributed by atoms with Crippen LogP contribution in [0.25, 0.3) is 0 Å². The van der Waals surface area contributed by atoms with Gasteiger partial charge in [-0.3, -0.25) is 23.2 Å². The van der Waals surface area contributed by atoms with Gasteiger partial charge in [0, 0.05) is 40.2 Å². The second kappa shape index (κ2) is 14.6. The number of ketones is 2. The molecule has 2 rings (SSSR count). The van der Waals surface area contributed by atoms with Crippen LogP contribution >= 0.6 is 17.4 Å². The zero-order chi connectivity index (χ0) is 24.9. The van der Waals surface area contributed by atoms with Gasteiger partial charge in [0.05, 0.1) is 13.2 Å². The molecule has 1 aromatic heterocycles. The number of nitrogens with zero attached hydrogens (tertiary/aromatic N) is 2. The average Bonchev–Trinajstić information content (AvgIpc) is 2.63. The topological polar surface area (TPSA) is 142 Å². The first-order chi connectivity index (χ1) is 14.7. The molecular weight excluding hydrogens is 503 g/mol. The van der Waals surface area contributed by atoms with Crippen molar-refractivity contribution in [3.05, 3.63) is 41.9 Å². The van der Waals surface area contributed by atoms with E-state index in [1.54, 1.807) is 18.2 Å². The van der Waals surface area contributed by atoms with Gasteiger partial charge in [0.15, 0.2) is 0 Å². The largest absolute Gasteiger partial charge is 0.406 e. The average molecular weight is 529 g/mol. The minimum absolute atomic E-state index is 0.222. The Hall–Kier alpha value is -1.53. The molecule has 1 aromatic rings. The first-order valence-corrected chi connectivity index (χ1v) is 14.1. The van der Waals surface area contributed by atoms with Gasteiger partial charge in [0.25, 0.3) is 0 Å². The van der Waals surface area contributed by atoms with Crippen LogP contribution in [0.4, 0.5) is 0 Å². The molecule has 0 saturated carbocycles. The van der Waals surface area contributed by atoms with E-state index in [0.29, 0.717) is 19.1 Å². The molecule has 32 heavy (non-hydrogen) atoms. The molecule has 10 nitrogen and oxygen atoms in total. The van der Waals surface area contributed by atoms with Crippen LogP contribution in [0, 0.1) is 6.92 Å². The van der Waals surface area contributed by atoms with E-state index in [4.69, 9.17) is 38.3 Å². The molecule has 0 saturated heterocycles. The number of rotatable bonds is 7. The fourth-order valence-electron chi connectivity index (χ4n) is 1.84. The summed E-state index contributed by atoms with van der Waals surface area (Å²) in [5.74, 6) is 0.491. The summed E-state index contributed by atoms with van der Waals surface area (Å²) >= 11 is 5.32. The van der Waals surface area contributed by atoms with Gasteiger partial charge in [0.1, 0.15) is 5.82 Å². The van der Waals surface area contributed by atoms with Crippen molar-refractivity contribution in [2.45, 2.75) is 40.5 Å². The lowest BCUT2D eigenvalue weighted by atomic mass is 10.1. The number of hydrogen-bond donors (Lipinski definition) is 1. The maximum absolute atomic E-state index is 10.3. The molecule has 1 heterocycles. The van der Waals surface area contributed by atoms with E-state index < -0.39 is 27.6 Å². The molecule has 1 aliphatic rings. The van der Waals surface area contributed by atoms with Crippen molar-refractivity contribution in [2.75, 3.05) is 13.2 Å². The van der Waals surface area contributed by atoms with Crippen LogP contribution < -0.4 is 4.52 Å². The summed E-state index contributed by atoms with van der Waals surface area (Å²) in [5.41, 5.74) is 0.836.